The summed E-state index contributed by atoms with van der Waals surface area (Å²) in [5.41, 5.74) is 1.09. The number of nitrogens with zero attached hydrogens (tertiary/aromatic N) is 2. The van der Waals surface area contributed by atoms with Crippen molar-refractivity contribution in [2.45, 2.75) is 0 Å². The maximum atomic E-state index is 12.0. The third kappa shape index (κ3) is 2.65. The van der Waals surface area contributed by atoms with E-state index in [9.17, 15) is 4.79 Å². The minimum atomic E-state index is -0.387. The first kappa shape index (κ1) is 12.1. The third-order valence-electron chi connectivity index (χ3n) is 2.27. The second-order valence-corrected chi connectivity index (χ2v) is 3.93. The Kier molecular flexibility index (Phi) is 3.56. The molecule has 88 valence electrons. The molecule has 0 atom stereocenters. The van der Waals surface area contributed by atoms with E-state index < -0.39 is 0 Å². The molecule has 0 saturated carbocycles. The van der Waals surface area contributed by atoms with Crippen molar-refractivity contribution in [2.75, 3.05) is 5.32 Å². The van der Waals surface area contributed by atoms with Crippen LogP contribution >= 0.6 is 11.6 Å². The molecule has 0 spiro atoms. The average molecular weight is 258 g/mol. The molecule has 1 heterocycles. The van der Waals surface area contributed by atoms with E-state index in [1.165, 1.54) is 18.5 Å². The zero-order chi connectivity index (χ0) is 13.0. The predicted octanol–water partition coefficient (Wildman–Crippen LogP) is 2.86. The van der Waals surface area contributed by atoms with Crippen molar-refractivity contribution in [1.82, 2.24) is 4.98 Å². The summed E-state index contributed by atoms with van der Waals surface area (Å²) in [7, 11) is 0. The Morgan fingerprint density at radius 3 is 2.94 bits per heavy atom. The number of aromatic nitrogens is 1. The van der Waals surface area contributed by atoms with Crippen molar-refractivity contribution in [2.24, 2.45) is 0 Å². The summed E-state index contributed by atoms with van der Waals surface area (Å²) in [5.74, 6) is -0.387. The topological polar surface area (TPSA) is 65.8 Å². The number of benzene rings is 1. The molecular formula is C13H8ClN3O. The molecule has 1 aromatic carbocycles. The summed E-state index contributed by atoms with van der Waals surface area (Å²) >= 11 is 5.82. The van der Waals surface area contributed by atoms with Crippen LogP contribution in [0, 0.1) is 11.3 Å². The molecule has 1 N–H and O–H groups in total. The van der Waals surface area contributed by atoms with Crippen LogP contribution in [-0.4, -0.2) is 10.9 Å². The molecule has 2 aromatic rings. The summed E-state index contributed by atoms with van der Waals surface area (Å²) < 4.78 is 0. The fourth-order valence-corrected chi connectivity index (χ4v) is 1.63. The molecule has 1 aromatic heterocycles. The van der Waals surface area contributed by atoms with Gasteiger partial charge < -0.3 is 5.32 Å². The van der Waals surface area contributed by atoms with Gasteiger partial charge in [-0.05, 0) is 24.3 Å². The summed E-state index contributed by atoms with van der Waals surface area (Å²) in [4.78, 5) is 15.8. The van der Waals surface area contributed by atoms with Crippen molar-refractivity contribution in [3.8, 4) is 6.07 Å². The van der Waals surface area contributed by atoms with Gasteiger partial charge in [-0.25, -0.2) is 0 Å². The van der Waals surface area contributed by atoms with Gasteiger partial charge in [-0.3, -0.25) is 9.78 Å². The number of pyridine rings is 1. The lowest BCUT2D eigenvalue weighted by Gasteiger charge is -2.06. The van der Waals surface area contributed by atoms with Crippen LogP contribution in [0.3, 0.4) is 0 Å². The van der Waals surface area contributed by atoms with E-state index in [0.29, 0.717) is 10.7 Å². The van der Waals surface area contributed by atoms with Crippen LogP contribution in [0.25, 0.3) is 0 Å². The number of halogens is 1. The molecule has 18 heavy (non-hydrogen) atoms. The molecule has 0 bridgehead atoms. The van der Waals surface area contributed by atoms with Gasteiger partial charge in [0.1, 0.15) is 6.07 Å². The Labute approximate surface area is 109 Å². The molecule has 2 rings (SSSR count). The first-order chi connectivity index (χ1) is 8.70. The number of anilines is 1. The highest BCUT2D eigenvalue weighted by Gasteiger charge is 2.11. The SMILES string of the molecule is N#Cc1ccncc1C(=O)Nc1cccc(Cl)c1. The molecule has 0 aliphatic heterocycles. The number of carbonyl (C=O) groups is 1. The first-order valence-corrected chi connectivity index (χ1v) is 5.49. The highest BCUT2D eigenvalue weighted by Crippen LogP contribution is 2.16. The number of nitrogens with one attached hydrogen (secondary N) is 1. The standard InChI is InChI=1S/C13H8ClN3O/c14-10-2-1-3-11(6-10)17-13(18)12-8-16-5-4-9(12)7-15/h1-6,8H,(H,17,18). The maximum absolute atomic E-state index is 12.0. The molecule has 0 aliphatic carbocycles. The summed E-state index contributed by atoms with van der Waals surface area (Å²) in [6.07, 6.45) is 2.83. The Morgan fingerprint density at radius 1 is 1.39 bits per heavy atom. The Balaban J connectivity index is 2.25. The molecule has 5 heteroatoms. The largest absolute Gasteiger partial charge is 0.322 e. The van der Waals surface area contributed by atoms with Crippen LogP contribution in [0.2, 0.25) is 5.02 Å². The molecule has 0 saturated heterocycles. The van der Waals surface area contributed by atoms with Gasteiger partial charge in [0.15, 0.2) is 0 Å². The summed E-state index contributed by atoms with van der Waals surface area (Å²) in [5, 5.41) is 12.1. The number of rotatable bonds is 2. The van der Waals surface area contributed by atoms with Crippen LogP contribution in [0.15, 0.2) is 42.7 Å². The van der Waals surface area contributed by atoms with E-state index in [2.05, 4.69) is 10.3 Å². The van der Waals surface area contributed by atoms with Gasteiger partial charge in [0.2, 0.25) is 0 Å². The minimum absolute atomic E-state index is 0.236. The number of hydrogen-bond acceptors (Lipinski definition) is 3. The highest BCUT2D eigenvalue weighted by atomic mass is 35.5. The monoisotopic (exact) mass is 257 g/mol. The van der Waals surface area contributed by atoms with Crippen LogP contribution < -0.4 is 5.32 Å². The zero-order valence-corrected chi connectivity index (χ0v) is 9.98. The molecule has 0 fully saturated rings. The number of carbonyl (C=O) groups excluding carboxylic acids is 1. The highest BCUT2D eigenvalue weighted by molar-refractivity contribution is 6.31. The van der Waals surface area contributed by atoms with Crippen LogP contribution in [0.4, 0.5) is 5.69 Å². The predicted molar refractivity (Wildman–Crippen MR) is 68.4 cm³/mol. The quantitative estimate of drug-likeness (QED) is 0.900. The van der Waals surface area contributed by atoms with Gasteiger partial charge in [-0.1, -0.05) is 17.7 Å². The fraction of sp³-hybridized carbons (Fsp3) is 0. The fourth-order valence-electron chi connectivity index (χ4n) is 1.44. The number of nitriles is 1. The lowest BCUT2D eigenvalue weighted by atomic mass is 10.1. The van der Waals surface area contributed by atoms with E-state index in [4.69, 9.17) is 16.9 Å². The van der Waals surface area contributed by atoms with Gasteiger partial charge in [-0.2, -0.15) is 5.26 Å². The molecule has 0 aliphatic rings. The lowest BCUT2D eigenvalue weighted by molar-refractivity contribution is 0.102. The van der Waals surface area contributed by atoms with E-state index in [1.54, 1.807) is 24.3 Å². The zero-order valence-electron chi connectivity index (χ0n) is 9.22. The normalized spacial score (nSPS) is 9.56. The summed E-state index contributed by atoms with van der Waals surface area (Å²) in [6, 6.07) is 10.2. The second kappa shape index (κ2) is 5.30. The maximum Gasteiger partial charge on any atom is 0.258 e. The summed E-state index contributed by atoms with van der Waals surface area (Å²) in [6.45, 7) is 0. The van der Waals surface area contributed by atoms with Crippen molar-refractivity contribution >= 4 is 23.2 Å². The third-order valence-corrected chi connectivity index (χ3v) is 2.50. The Morgan fingerprint density at radius 2 is 2.22 bits per heavy atom. The van der Waals surface area contributed by atoms with Crippen LogP contribution in [0.1, 0.15) is 15.9 Å². The van der Waals surface area contributed by atoms with E-state index in [1.807, 2.05) is 6.07 Å². The molecule has 1 amide bonds. The van der Waals surface area contributed by atoms with Crippen LogP contribution in [0.5, 0.6) is 0 Å². The van der Waals surface area contributed by atoms with Gasteiger partial charge in [0.05, 0.1) is 11.1 Å². The minimum Gasteiger partial charge on any atom is -0.322 e. The van der Waals surface area contributed by atoms with Crippen molar-refractivity contribution in [3.63, 3.8) is 0 Å². The Bertz CT molecular complexity index is 634. The van der Waals surface area contributed by atoms with E-state index in [-0.39, 0.29) is 17.0 Å². The molecular weight excluding hydrogens is 250 g/mol. The van der Waals surface area contributed by atoms with Crippen molar-refractivity contribution < 1.29 is 4.79 Å². The van der Waals surface area contributed by atoms with Gasteiger partial charge >= 0.3 is 0 Å². The van der Waals surface area contributed by atoms with Gasteiger partial charge in [-0.15, -0.1) is 0 Å². The molecule has 4 nitrogen and oxygen atoms in total. The molecule has 0 radical (unpaired) electrons. The van der Waals surface area contributed by atoms with Crippen molar-refractivity contribution in [3.05, 3.63) is 58.9 Å². The average Bonchev–Trinajstić information content (AvgIpc) is 2.38. The van der Waals surface area contributed by atoms with E-state index >= 15 is 0 Å². The van der Waals surface area contributed by atoms with Crippen molar-refractivity contribution in [1.29, 1.82) is 5.26 Å². The molecule has 0 unspecified atom stereocenters. The number of amides is 1. The Hall–Kier alpha value is -2.38. The van der Waals surface area contributed by atoms with Crippen LogP contribution in [-0.2, 0) is 0 Å². The number of hydrogen-bond donors (Lipinski definition) is 1. The van der Waals surface area contributed by atoms with Gasteiger partial charge in [0.25, 0.3) is 5.91 Å². The van der Waals surface area contributed by atoms with Gasteiger partial charge in [0, 0.05) is 23.1 Å². The first-order valence-electron chi connectivity index (χ1n) is 5.12. The second-order valence-electron chi connectivity index (χ2n) is 3.50. The smallest absolute Gasteiger partial charge is 0.258 e. The van der Waals surface area contributed by atoms with E-state index in [0.717, 1.165) is 0 Å². The lowest BCUT2D eigenvalue weighted by Crippen LogP contribution is -2.13.